The predicted octanol–water partition coefficient (Wildman–Crippen LogP) is 7.31. The Morgan fingerprint density at radius 2 is 1.66 bits per heavy atom. The van der Waals surface area contributed by atoms with Crippen molar-refractivity contribution in [3.8, 4) is 17.6 Å². The number of allylic oxidation sites excluding steroid dienone is 2. The minimum atomic E-state index is 0.666. The largest absolute Gasteiger partial charge is 0.494 e. The van der Waals surface area contributed by atoms with Gasteiger partial charge in [0.05, 0.1) is 6.61 Å². The monoisotopic (exact) mass is 386 g/mol. The Morgan fingerprint density at radius 1 is 0.931 bits per heavy atom. The molecule has 0 N–H and O–H groups in total. The molecule has 1 saturated carbocycles. The fraction of sp³-hybridized carbons (Fsp3) is 0.429. The van der Waals surface area contributed by atoms with Crippen molar-refractivity contribution in [3.63, 3.8) is 0 Å². The van der Waals surface area contributed by atoms with Crippen molar-refractivity contribution in [3.05, 3.63) is 77.4 Å². The van der Waals surface area contributed by atoms with Gasteiger partial charge in [-0.15, -0.1) is 0 Å². The summed E-state index contributed by atoms with van der Waals surface area (Å²) in [6, 6.07) is 17.4. The number of hydrogen-bond donors (Lipinski definition) is 0. The smallest absolute Gasteiger partial charge is 0.119 e. The average molecular weight is 387 g/mol. The van der Waals surface area contributed by atoms with Gasteiger partial charge in [0.25, 0.3) is 0 Å². The summed E-state index contributed by atoms with van der Waals surface area (Å²) in [7, 11) is 0. The Labute approximate surface area is 177 Å². The maximum atomic E-state index is 5.55. The molecule has 0 amide bonds. The van der Waals surface area contributed by atoms with E-state index in [4.69, 9.17) is 4.74 Å². The molecule has 152 valence electrons. The van der Waals surface area contributed by atoms with Crippen LogP contribution >= 0.6 is 0 Å². The molecule has 0 atom stereocenters. The summed E-state index contributed by atoms with van der Waals surface area (Å²) >= 11 is 0. The fourth-order valence-electron chi connectivity index (χ4n) is 4.09. The van der Waals surface area contributed by atoms with E-state index in [0.29, 0.717) is 11.8 Å². The van der Waals surface area contributed by atoms with Gasteiger partial charge in [0.15, 0.2) is 0 Å². The molecule has 1 aliphatic rings. The third kappa shape index (κ3) is 6.82. The summed E-state index contributed by atoms with van der Waals surface area (Å²) in [6.45, 7) is 4.99. The predicted molar refractivity (Wildman–Crippen MR) is 123 cm³/mol. The first-order valence-electron chi connectivity index (χ1n) is 11.3. The second-order valence-electron chi connectivity index (χ2n) is 8.04. The zero-order chi connectivity index (χ0) is 20.3. The normalized spacial score (nSPS) is 19.0. The van der Waals surface area contributed by atoms with Crippen molar-refractivity contribution in [1.29, 1.82) is 0 Å². The zero-order valence-corrected chi connectivity index (χ0v) is 18.0. The van der Waals surface area contributed by atoms with Gasteiger partial charge >= 0.3 is 0 Å². The second kappa shape index (κ2) is 11.5. The van der Waals surface area contributed by atoms with Crippen LogP contribution in [0.5, 0.6) is 5.75 Å². The van der Waals surface area contributed by atoms with Gasteiger partial charge in [-0.05, 0) is 98.8 Å². The molecule has 0 radical (unpaired) electrons. The van der Waals surface area contributed by atoms with Crippen LogP contribution in [-0.2, 0) is 6.42 Å². The quantitative estimate of drug-likeness (QED) is 0.453. The highest BCUT2D eigenvalue weighted by Crippen LogP contribution is 2.36. The summed E-state index contributed by atoms with van der Waals surface area (Å²) in [6.07, 6.45) is 13.1. The molecule has 0 bridgehead atoms. The van der Waals surface area contributed by atoms with E-state index in [2.05, 4.69) is 79.4 Å². The molecule has 0 unspecified atom stereocenters. The van der Waals surface area contributed by atoms with E-state index in [1.807, 2.05) is 6.92 Å². The van der Waals surface area contributed by atoms with Crippen molar-refractivity contribution < 1.29 is 4.74 Å². The topological polar surface area (TPSA) is 9.23 Å². The van der Waals surface area contributed by atoms with Gasteiger partial charge in [-0.25, -0.2) is 0 Å². The maximum Gasteiger partial charge on any atom is 0.119 e. The number of unbranched alkanes of at least 4 members (excludes halogenated alkanes) is 1. The van der Waals surface area contributed by atoms with Crippen LogP contribution in [0, 0.1) is 17.8 Å². The molecule has 1 nitrogen and oxygen atoms in total. The van der Waals surface area contributed by atoms with Gasteiger partial charge in [-0.1, -0.05) is 55.5 Å². The van der Waals surface area contributed by atoms with E-state index >= 15 is 0 Å². The lowest BCUT2D eigenvalue weighted by Crippen LogP contribution is -2.11. The molecular formula is C28H34O. The second-order valence-corrected chi connectivity index (χ2v) is 8.04. The van der Waals surface area contributed by atoms with E-state index in [1.165, 1.54) is 56.1 Å². The third-order valence-corrected chi connectivity index (χ3v) is 5.88. The Kier molecular flexibility index (Phi) is 8.44. The lowest BCUT2D eigenvalue weighted by molar-refractivity contribution is 0.339. The van der Waals surface area contributed by atoms with E-state index in [1.54, 1.807) is 0 Å². The van der Waals surface area contributed by atoms with Crippen molar-refractivity contribution in [1.82, 2.24) is 0 Å². The Bertz CT molecular complexity index is 809. The molecule has 0 aromatic heterocycles. The van der Waals surface area contributed by atoms with Crippen LogP contribution in [0.1, 0.15) is 75.0 Å². The highest BCUT2D eigenvalue weighted by atomic mass is 16.5. The van der Waals surface area contributed by atoms with Crippen LogP contribution in [0.2, 0.25) is 0 Å². The van der Waals surface area contributed by atoms with Gasteiger partial charge < -0.3 is 4.74 Å². The van der Waals surface area contributed by atoms with E-state index in [-0.39, 0.29) is 0 Å². The molecule has 0 saturated heterocycles. The van der Waals surface area contributed by atoms with E-state index in [0.717, 1.165) is 17.9 Å². The molecule has 0 aliphatic heterocycles. The molecule has 1 fully saturated rings. The van der Waals surface area contributed by atoms with Gasteiger partial charge in [-0.3, -0.25) is 0 Å². The Balaban J connectivity index is 1.44. The molecule has 29 heavy (non-hydrogen) atoms. The van der Waals surface area contributed by atoms with E-state index in [9.17, 15) is 0 Å². The standard InChI is InChI=1S/C28H34O/c1-3-5-8-23-11-13-24(14-12-23)9-6-7-10-25-15-17-26(18-16-25)27-19-21-28(22-20-27)29-4-2/h7,10-14,19-22,25-26H,3-5,8,15-18H2,1-2H3/b10-7+. The molecule has 3 rings (SSSR count). The van der Waals surface area contributed by atoms with Crippen molar-refractivity contribution in [2.45, 2.75) is 64.7 Å². The number of ether oxygens (including phenoxy) is 1. The molecule has 0 heterocycles. The lowest BCUT2D eigenvalue weighted by Gasteiger charge is -2.27. The summed E-state index contributed by atoms with van der Waals surface area (Å²) in [5, 5.41) is 0. The van der Waals surface area contributed by atoms with Crippen LogP contribution in [0.3, 0.4) is 0 Å². The summed E-state index contributed by atoms with van der Waals surface area (Å²) in [4.78, 5) is 0. The summed E-state index contributed by atoms with van der Waals surface area (Å²) < 4.78 is 5.55. The molecule has 2 aromatic carbocycles. The van der Waals surface area contributed by atoms with Gasteiger partial charge in [-0.2, -0.15) is 0 Å². The highest BCUT2D eigenvalue weighted by molar-refractivity contribution is 5.38. The summed E-state index contributed by atoms with van der Waals surface area (Å²) in [5.74, 6) is 8.83. The SMILES string of the molecule is CCCCc1ccc(C#C/C=C/C2CCC(c3ccc(OCC)cc3)CC2)cc1. The van der Waals surface area contributed by atoms with Crippen molar-refractivity contribution in [2.24, 2.45) is 5.92 Å². The Morgan fingerprint density at radius 3 is 2.31 bits per heavy atom. The number of hydrogen-bond acceptors (Lipinski definition) is 1. The maximum absolute atomic E-state index is 5.55. The molecule has 0 spiro atoms. The Hall–Kier alpha value is -2.46. The lowest BCUT2D eigenvalue weighted by atomic mass is 9.78. The zero-order valence-electron chi connectivity index (χ0n) is 18.0. The van der Waals surface area contributed by atoms with E-state index < -0.39 is 0 Å². The first-order valence-corrected chi connectivity index (χ1v) is 11.3. The van der Waals surface area contributed by atoms with Gasteiger partial charge in [0.1, 0.15) is 5.75 Å². The highest BCUT2D eigenvalue weighted by Gasteiger charge is 2.20. The van der Waals surface area contributed by atoms with Crippen LogP contribution in [0.25, 0.3) is 0 Å². The van der Waals surface area contributed by atoms with Gasteiger partial charge in [0.2, 0.25) is 0 Å². The number of aryl methyl sites for hydroxylation is 1. The minimum absolute atomic E-state index is 0.666. The number of rotatable bonds is 7. The van der Waals surface area contributed by atoms with Crippen molar-refractivity contribution >= 4 is 0 Å². The van der Waals surface area contributed by atoms with Crippen LogP contribution in [0.15, 0.2) is 60.7 Å². The fourth-order valence-corrected chi connectivity index (χ4v) is 4.09. The first kappa shape index (κ1) is 21.3. The summed E-state index contributed by atoms with van der Waals surface area (Å²) in [5.41, 5.74) is 3.98. The van der Waals surface area contributed by atoms with Crippen LogP contribution < -0.4 is 4.74 Å². The van der Waals surface area contributed by atoms with Crippen molar-refractivity contribution in [2.75, 3.05) is 6.61 Å². The minimum Gasteiger partial charge on any atom is -0.494 e. The molecule has 1 aliphatic carbocycles. The molecular weight excluding hydrogens is 352 g/mol. The van der Waals surface area contributed by atoms with Gasteiger partial charge in [0, 0.05) is 5.56 Å². The van der Waals surface area contributed by atoms with Crippen LogP contribution in [0.4, 0.5) is 0 Å². The molecule has 2 aromatic rings. The third-order valence-electron chi connectivity index (χ3n) is 5.88. The average Bonchev–Trinajstić information content (AvgIpc) is 2.77. The number of benzene rings is 2. The first-order chi connectivity index (χ1) is 14.3. The molecule has 1 heteroatoms. The van der Waals surface area contributed by atoms with Crippen LogP contribution in [-0.4, -0.2) is 6.61 Å².